The molecule has 9 heteroatoms. The fourth-order valence-corrected chi connectivity index (χ4v) is 6.16. The fraction of sp³-hybridized carbons (Fsp3) is 0.286. The summed E-state index contributed by atoms with van der Waals surface area (Å²) in [6.45, 7) is 2.62. The first-order valence-corrected chi connectivity index (χ1v) is 12.0. The number of piperidine rings is 1. The lowest BCUT2D eigenvalue weighted by Crippen LogP contribution is -2.39. The van der Waals surface area contributed by atoms with Gasteiger partial charge >= 0.3 is 0 Å². The van der Waals surface area contributed by atoms with Crippen LogP contribution in [0.4, 0.5) is 5.69 Å². The van der Waals surface area contributed by atoms with Crippen molar-refractivity contribution in [3.05, 3.63) is 70.2 Å². The highest BCUT2D eigenvalue weighted by Gasteiger charge is 2.33. The zero-order chi connectivity index (χ0) is 21.1. The van der Waals surface area contributed by atoms with Crippen LogP contribution in [-0.4, -0.2) is 41.9 Å². The highest BCUT2D eigenvalue weighted by molar-refractivity contribution is 7.89. The summed E-state index contributed by atoms with van der Waals surface area (Å²) >= 11 is 1.22. The van der Waals surface area contributed by atoms with Crippen molar-refractivity contribution in [2.45, 2.75) is 30.6 Å². The van der Waals surface area contributed by atoms with Crippen LogP contribution < -0.4 is 5.32 Å². The number of carbonyl (C=O) groups is 1. The average Bonchev–Trinajstić information content (AvgIpc) is 3.25. The molecule has 4 rings (SSSR count). The van der Waals surface area contributed by atoms with Crippen molar-refractivity contribution in [1.82, 2.24) is 14.5 Å². The zero-order valence-electron chi connectivity index (χ0n) is 16.5. The average molecular weight is 443 g/mol. The minimum Gasteiger partial charge on any atom is -0.320 e. The number of hydrogen-bond acceptors (Lipinski definition) is 6. The monoisotopic (exact) mass is 442 g/mol. The Bertz CT molecular complexity index is 1150. The van der Waals surface area contributed by atoms with Crippen LogP contribution in [0.25, 0.3) is 0 Å². The van der Waals surface area contributed by atoms with Crippen molar-refractivity contribution >= 4 is 33.0 Å². The molecule has 0 radical (unpaired) electrons. The first-order chi connectivity index (χ1) is 14.4. The number of sulfonamides is 1. The Morgan fingerprint density at radius 3 is 2.60 bits per heavy atom. The van der Waals surface area contributed by atoms with Crippen LogP contribution in [0.5, 0.6) is 0 Å². The second kappa shape index (κ2) is 8.63. The zero-order valence-corrected chi connectivity index (χ0v) is 18.1. The molecule has 0 spiro atoms. The maximum Gasteiger partial charge on any atom is 0.286 e. The molecule has 0 saturated carbocycles. The van der Waals surface area contributed by atoms with Crippen LogP contribution in [0.1, 0.15) is 39.1 Å². The molecule has 2 aromatic carbocycles. The molecule has 1 aliphatic rings. The topological polar surface area (TPSA) is 92.3 Å². The molecule has 156 valence electrons. The summed E-state index contributed by atoms with van der Waals surface area (Å²) in [4.78, 5) is 12.8. The van der Waals surface area contributed by atoms with E-state index in [9.17, 15) is 13.2 Å². The van der Waals surface area contributed by atoms with Crippen molar-refractivity contribution in [1.29, 1.82) is 0 Å². The van der Waals surface area contributed by atoms with Gasteiger partial charge in [-0.3, -0.25) is 4.79 Å². The Morgan fingerprint density at radius 1 is 1.10 bits per heavy atom. The molecule has 3 aromatic rings. The van der Waals surface area contributed by atoms with Crippen LogP contribution in [0.3, 0.4) is 0 Å². The van der Waals surface area contributed by atoms with E-state index in [1.54, 1.807) is 37.3 Å². The van der Waals surface area contributed by atoms with E-state index in [4.69, 9.17) is 0 Å². The summed E-state index contributed by atoms with van der Waals surface area (Å²) in [5.41, 5.74) is 1.42. The second-order valence-electron chi connectivity index (χ2n) is 7.23. The van der Waals surface area contributed by atoms with Gasteiger partial charge in [-0.2, -0.15) is 4.31 Å². The van der Waals surface area contributed by atoms with Crippen molar-refractivity contribution < 1.29 is 13.2 Å². The van der Waals surface area contributed by atoms with E-state index in [-0.39, 0.29) is 16.8 Å². The third-order valence-corrected chi connectivity index (χ3v) is 8.22. The third-order valence-electron chi connectivity index (χ3n) is 5.11. The van der Waals surface area contributed by atoms with Crippen LogP contribution in [0, 0.1) is 6.92 Å². The maximum atomic E-state index is 13.1. The van der Waals surface area contributed by atoms with E-state index in [1.165, 1.54) is 15.6 Å². The lowest BCUT2D eigenvalue weighted by molar-refractivity contribution is 0.102. The van der Waals surface area contributed by atoms with Gasteiger partial charge < -0.3 is 5.32 Å². The summed E-state index contributed by atoms with van der Waals surface area (Å²) < 4.78 is 27.8. The van der Waals surface area contributed by atoms with E-state index >= 15 is 0 Å². The molecule has 1 aromatic heterocycles. The van der Waals surface area contributed by atoms with Crippen molar-refractivity contribution in [2.24, 2.45) is 0 Å². The van der Waals surface area contributed by atoms with E-state index in [0.717, 1.165) is 18.4 Å². The molecule has 0 bridgehead atoms. The summed E-state index contributed by atoms with van der Waals surface area (Å²) in [6, 6.07) is 16.2. The number of carbonyl (C=O) groups excluding carboxylic acids is 1. The first kappa shape index (κ1) is 20.6. The van der Waals surface area contributed by atoms with Gasteiger partial charge in [-0.1, -0.05) is 47.7 Å². The lowest BCUT2D eigenvalue weighted by atomic mass is 10.0. The molecule has 2 heterocycles. The molecular weight excluding hydrogens is 420 g/mol. The lowest BCUT2D eigenvalue weighted by Gasteiger charge is -2.31. The maximum absolute atomic E-state index is 13.1. The molecule has 0 aliphatic carbocycles. The number of anilines is 1. The highest BCUT2D eigenvalue weighted by atomic mass is 32.2. The summed E-state index contributed by atoms with van der Waals surface area (Å²) in [5.74, 6) is -0.390. The minimum atomic E-state index is -3.57. The minimum absolute atomic E-state index is 0.0756. The number of aromatic nitrogens is 2. The number of rotatable bonds is 5. The number of benzene rings is 2. The number of nitrogens with zero attached hydrogens (tertiary/aromatic N) is 3. The number of aryl methyl sites for hydroxylation is 1. The summed E-state index contributed by atoms with van der Waals surface area (Å²) in [7, 11) is -3.57. The van der Waals surface area contributed by atoms with Crippen LogP contribution >= 0.6 is 11.3 Å². The van der Waals surface area contributed by atoms with Gasteiger partial charge in [0, 0.05) is 24.7 Å². The smallest absolute Gasteiger partial charge is 0.286 e. The molecule has 1 saturated heterocycles. The van der Waals surface area contributed by atoms with Crippen LogP contribution in [0.15, 0.2) is 59.5 Å². The highest BCUT2D eigenvalue weighted by Crippen LogP contribution is 2.32. The molecule has 1 fully saturated rings. The van der Waals surface area contributed by atoms with Gasteiger partial charge in [0.15, 0.2) is 0 Å². The molecule has 1 amide bonds. The Kier molecular flexibility index (Phi) is 5.94. The molecule has 30 heavy (non-hydrogen) atoms. The first-order valence-electron chi connectivity index (χ1n) is 9.71. The van der Waals surface area contributed by atoms with Gasteiger partial charge in [-0.05, 0) is 43.5 Å². The van der Waals surface area contributed by atoms with Crippen LogP contribution in [-0.2, 0) is 10.0 Å². The number of amides is 1. The van der Waals surface area contributed by atoms with E-state index in [1.807, 2.05) is 24.3 Å². The normalized spacial score (nSPS) is 17.6. The van der Waals surface area contributed by atoms with Gasteiger partial charge in [-0.15, -0.1) is 10.2 Å². The summed E-state index contributed by atoms with van der Waals surface area (Å²) in [6.07, 6.45) is 1.55. The number of hydrogen-bond donors (Lipinski definition) is 1. The molecule has 0 unspecified atom stereocenters. The molecule has 7 nitrogen and oxygen atoms in total. The van der Waals surface area contributed by atoms with Gasteiger partial charge in [-0.25, -0.2) is 8.42 Å². The summed E-state index contributed by atoms with van der Waals surface area (Å²) in [5, 5.41) is 12.0. The van der Waals surface area contributed by atoms with Gasteiger partial charge in [0.05, 0.1) is 4.90 Å². The van der Waals surface area contributed by atoms with Gasteiger partial charge in [0.25, 0.3) is 5.91 Å². The van der Waals surface area contributed by atoms with Crippen molar-refractivity contribution in [2.75, 3.05) is 18.4 Å². The predicted octanol–water partition coefficient (Wildman–Crippen LogP) is 3.67. The van der Waals surface area contributed by atoms with E-state index in [0.29, 0.717) is 28.7 Å². The van der Waals surface area contributed by atoms with Gasteiger partial charge in [0.1, 0.15) is 5.01 Å². The number of nitrogens with one attached hydrogen (secondary N) is 1. The molecule has 1 atom stereocenters. The Morgan fingerprint density at radius 2 is 1.83 bits per heavy atom. The van der Waals surface area contributed by atoms with E-state index in [2.05, 4.69) is 15.5 Å². The molecule has 1 N–H and O–H groups in total. The Balaban J connectivity index is 1.49. The second-order valence-corrected chi connectivity index (χ2v) is 10.1. The third kappa shape index (κ3) is 4.28. The molecular formula is C21H22N4O3S2. The van der Waals surface area contributed by atoms with Crippen LogP contribution in [0.2, 0.25) is 0 Å². The molecule has 1 aliphatic heterocycles. The quantitative estimate of drug-likeness (QED) is 0.651. The Hall–Kier alpha value is -2.62. The largest absolute Gasteiger partial charge is 0.320 e. The van der Waals surface area contributed by atoms with Crippen molar-refractivity contribution in [3.63, 3.8) is 0 Å². The number of para-hydroxylation sites is 1. The Labute approximate surface area is 179 Å². The van der Waals surface area contributed by atoms with E-state index < -0.39 is 10.0 Å². The predicted molar refractivity (Wildman–Crippen MR) is 116 cm³/mol. The SMILES string of the molecule is Cc1ccccc1S(=O)(=O)N1CCC[C@H](c2nnc(C(=O)Nc3ccccc3)s2)C1. The van der Waals surface area contributed by atoms with Gasteiger partial charge in [0.2, 0.25) is 15.0 Å². The fourth-order valence-electron chi connectivity index (χ4n) is 3.54. The standard InChI is InChI=1S/C21H22N4O3S2/c1-15-8-5-6-12-18(15)30(27,28)25-13-7-9-16(14-25)20-23-24-21(29-20)19(26)22-17-10-3-2-4-11-17/h2-6,8,10-12,16H,7,9,13-14H2,1H3,(H,22,26)/t16-/m0/s1. The van der Waals surface area contributed by atoms with Crippen molar-refractivity contribution in [3.8, 4) is 0 Å².